The molecule has 1 N–H and O–H groups in total. The van der Waals surface area contributed by atoms with Crippen molar-refractivity contribution in [2.45, 2.75) is 44.9 Å². The van der Waals surface area contributed by atoms with Gasteiger partial charge in [-0.15, -0.1) is 0 Å². The molecule has 0 unspecified atom stereocenters. The standard InChI is InChI=1S/C17H21FN2O4/c1-17(2,3)24-16(23)20-9-11-6-12(20)8-19(11)10-4-5-13(15(21)22)14(18)7-10/h4-5,7,11-12H,6,8-9H2,1-3H3,(H,21,22)/t11-,12-/m0/s1. The van der Waals surface area contributed by atoms with Gasteiger partial charge in [0.05, 0.1) is 11.6 Å². The minimum absolute atomic E-state index is 0.0343. The van der Waals surface area contributed by atoms with Crippen molar-refractivity contribution in [3.05, 3.63) is 29.6 Å². The highest BCUT2D eigenvalue weighted by atomic mass is 19.1. The summed E-state index contributed by atoms with van der Waals surface area (Å²) in [4.78, 5) is 26.9. The molecule has 0 aromatic heterocycles. The molecule has 0 radical (unpaired) electrons. The van der Waals surface area contributed by atoms with Crippen molar-refractivity contribution in [1.29, 1.82) is 0 Å². The average molecular weight is 336 g/mol. The molecule has 1 aromatic carbocycles. The van der Waals surface area contributed by atoms with E-state index in [1.807, 2.05) is 25.7 Å². The van der Waals surface area contributed by atoms with E-state index < -0.39 is 17.4 Å². The maximum absolute atomic E-state index is 13.9. The summed E-state index contributed by atoms with van der Waals surface area (Å²) < 4.78 is 19.3. The Morgan fingerprint density at radius 3 is 2.46 bits per heavy atom. The number of carbonyl (C=O) groups is 2. The molecule has 0 spiro atoms. The van der Waals surface area contributed by atoms with Gasteiger partial charge in [0.2, 0.25) is 0 Å². The summed E-state index contributed by atoms with van der Waals surface area (Å²) in [6, 6.07) is 4.28. The largest absolute Gasteiger partial charge is 0.478 e. The first-order chi connectivity index (χ1) is 11.2. The Morgan fingerprint density at radius 1 is 1.25 bits per heavy atom. The topological polar surface area (TPSA) is 70.1 Å². The van der Waals surface area contributed by atoms with Crippen molar-refractivity contribution in [3.63, 3.8) is 0 Å². The highest BCUT2D eigenvalue weighted by Gasteiger charge is 2.46. The molecule has 2 heterocycles. The number of nitrogens with zero attached hydrogens (tertiary/aromatic N) is 2. The molecule has 2 atom stereocenters. The highest BCUT2D eigenvalue weighted by Crippen LogP contribution is 2.35. The number of benzene rings is 1. The Hall–Kier alpha value is -2.31. The molecular weight excluding hydrogens is 315 g/mol. The molecule has 0 saturated carbocycles. The van der Waals surface area contributed by atoms with Gasteiger partial charge in [-0.25, -0.2) is 14.0 Å². The lowest BCUT2D eigenvalue weighted by Gasteiger charge is -2.36. The van der Waals surface area contributed by atoms with E-state index in [1.165, 1.54) is 12.1 Å². The van der Waals surface area contributed by atoms with E-state index in [2.05, 4.69) is 0 Å². The number of likely N-dealkylation sites (tertiary alicyclic amines) is 1. The van der Waals surface area contributed by atoms with Gasteiger partial charge in [0.15, 0.2) is 0 Å². The van der Waals surface area contributed by atoms with Crippen molar-refractivity contribution in [2.75, 3.05) is 18.0 Å². The molecule has 24 heavy (non-hydrogen) atoms. The number of amides is 1. The van der Waals surface area contributed by atoms with E-state index >= 15 is 0 Å². The van der Waals surface area contributed by atoms with Crippen molar-refractivity contribution < 1.29 is 23.8 Å². The van der Waals surface area contributed by atoms with Gasteiger partial charge in [0.25, 0.3) is 0 Å². The first-order valence-electron chi connectivity index (χ1n) is 7.95. The van der Waals surface area contributed by atoms with E-state index in [0.717, 1.165) is 6.42 Å². The maximum atomic E-state index is 13.9. The zero-order valence-corrected chi connectivity index (χ0v) is 14.0. The number of carboxylic acid groups (broad SMARTS) is 1. The SMILES string of the molecule is CC(C)(C)OC(=O)N1C[C@@H]2C[C@H]1CN2c1ccc(C(=O)O)c(F)c1. The highest BCUT2D eigenvalue weighted by molar-refractivity contribution is 5.88. The number of piperazine rings is 1. The monoisotopic (exact) mass is 336 g/mol. The molecule has 2 fully saturated rings. The lowest BCUT2D eigenvalue weighted by atomic mass is 10.1. The third-order valence-corrected chi connectivity index (χ3v) is 4.38. The number of fused-ring (bicyclic) bond motifs is 2. The van der Waals surface area contributed by atoms with Crippen LogP contribution in [0, 0.1) is 5.82 Å². The van der Waals surface area contributed by atoms with Crippen LogP contribution in [0.4, 0.5) is 14.9 Å². The summed E-state index contributed by atoms with van der Waals surface area (Å²) in [5, 5.41) is 8.90. The van der Waals surface area contributed by atoms with E-state index in [4.69, 9.17) is 9.84 Å². The van der Waals surface area contributed by atoms with Crippen LogP contribution in [0.3, 0.4) is 0 Å². The van der Waals surface area contributed by atoms with Crippen LogP contribution in [0.15, 0.2) is 18.2 Å². The molecule has 1 aromatic rings. The Morgan fingerprint density at radius 2 is 1.96 bits per heavy atom. The summed E-state index contributed by atoms with van der Waals surface area (Å²) in [5.41, 5.74) is -0.221. The first-order valence-corrected chi connectivity index (χ1v) is 7.95. The van der Waals surface area contributed by atoms with Crippen LogP contribution in [0.1, 0.15) is 37.6 Å². The molecule has 130 valence electrons. The number of hydrogen-bond donors (Lipinski definition) is 1. The molecule has 6 nitrogen and oxygen atoms in total. The summed E-state index contributed by atoms with van der Waals surface area (Å²) >= 11 is 0. The second-order valence-electron chi connectivity index (χ2n) is 7.30. The first kappa shape index (κ1) is 16.5. The minimum atomic E-state index is -1.28. The molecule has 2 bridgehead atoms. The van der Waals surface area contributed by atoms with E-state index in [1.54, 1.807) is 11.0 Å². The van der Waals surface area contributed by atoms with Gasteiger partial charge in [-0.1, -0.05) is 0 Å². The molecule has 1 amide bonds. The Labute approximate surface area is 139 Å². The molecule has 3 rings (SSSR count). The zero-order valence-electron chi connectivity index (χ0n) is 14.0. The quantitative estimate of drug-likeness (QED) is 0.899. The minimum Gasteiger partial charge on any atom is -0.478 e. The number of halogens is 1. The van der Waals surface area contributed by atoms with E-state index in [9.17, 15) is 14.0 Å². The van der Waals surface area contributed by atoms with Crippen molar-refractivity contribution in [2.24, 2.45) is 0 Å². The number of aromatic carboxylic acids is 1. The Kier molecular flexibility index (Phi) is 3.89. The number of rotatable bonds is 2. The second kappa shape index (κ2) is 5.65. The number of hydrogen-bond acceptors (Lipinski definition) is 4. The molecule has 2 saturated heterocycles. The lowest BCUT2D eigenvalue weighted by Crippen LogP contribution is -2.50. The van der Waals surface area contributed by atoms with Crippen LogP contribution in [0.2, 0.25) is 0 Å². The van der Waals surface area contributed by atoms with Crippen LogP contribution in [-0.2, 0) is 4.74 Å². The summed E-state index contributed by atoms with van der Waals surface area (Å²) in [5.74, 6) is -2.02. The fraction of sp³-hybridized carbons (Fsp3) is 0.529. The predicted molar refractivity (Wildman–Crippen MR) is 85.8 cm³/mol. The molecule has 2 aliphatic rings. The number of anilines is 1. The number of ether oxygens (including phenoxy) is 1. The fourth-order valence-electron chi connectivity index (χ4n) is 3.38. The van der Waals surface area contributed by atoms with Crippen LogP contribution in [-0.4, -0.2) is 52.8 Å². The van der Waals surface area contributed by atoms with Gasteiger partial charge in [0.1, 0.15) is 11.4 Å². The Balaban J connectivity index is 1.71. The van der Waals surface area contributed by atoms with Gasteiger partial charge in [-0.3, -0.25) is 0 Å². The van der Waals surface area contributed by atoms with Gasteiger partial charge in [0, 0.05) is 24.8 Å². The molecular formula is C17H21FN2O4. The zero-order chi connectivity index (χ0) is 17.6. The second-order valence-corrected chi connectivity index (χ2v) is 7.30. The molecule has 7 heteroatoms. The van der Waals surface area contributed by atoms with Gasteiger partial charge in [-0.05, 0) is 45.4 Å². The van der Waals surface area contributed by atoms with Gasteiger partial charge in [-0.2, -0.15) is 0 Å². The van der Waals surface area contributed by atoms with E-state index in [0.29, 0.717) is 18.8 Å². The summed E-state index contributed by atoms with van der Waals surface area (Å²) in [6.45, 7) is 6.62. The van der Waals surface area contributed by atoms with Crippen molar-refractivity contribution >= 4 is 17.7 Å². The smallest absolute Gasteiger partial charge is 0.410 e. The number of carbonyl (C=O) groups excluding carboxylic acids is 1. The van der Waals surface area contributed by atoms with Gasteiger partial charge < -0.3 is 19.6 Å². The molecule has 0 aliphatic carbocycles. The van der Waals surface area contributed by atoms with Crippen LogP contribution >= 0.6 is 0 Å². The lowest BCUT2D eigenvalue weighted by molar-refractivity contribution is 0.0214. The third-order valence-electron chi connectivity index (χ3n) is 4.38. The van der Waals surface area contributed by atoms with Crippen LogP contribution < -0.4 is 4.90 Å². The predicted octanol–water partition coefficient (Wildman–Crippen LogP) is 2.72. The summed E-state index contributed by atoms with van der Waals surface area (Å²) in [6.07, 6.45) is 0.490. The average Bonchev–Trinajstić information content (AvgIpc) is 3.04. The summed E-state index contributed by atoms with van der Waals surface area (Å²) in [7, 11) is 0. The fourth-order valence-corrected chi connectivity index (χ4v) is 3.38. The van der Waals surface area contributed by atoms with Crippen LogP contribution in [0.25, 0.3) is 0 Å². The number of carboxylic acids is 1. The van der Waals surface area contributed by atoms with Crippen LogP contribution in [0.5, 0.6) is 0 Å². The third kappa shape index (κ3) is 3.02. The van der Waals surface area contributed by atoms with Gasteiger partial charge >= 0.3 is 12.1 Å². The molecule has 2 aliphatic heterocycles. The van der Waals surface area contributed by atoms with E-state index in [-0.39, 0.29) is 23.7 Å². The van der Waals surface area contributed by atoms with Crippen molar-refractivity contribution in [3.8, 4) is 0 Å². The Bertz CT molecular complexity index is 686. The maximum Gasteiger partial charge on any atom is 0.410 e. The van der Waals surface area contributed by atoms with Crippen molar-refractivity contribution in [1.82, 2.24) is 4.90 Å². The normalized spacial score (nSPS) is 22.8.